The van der Waals surface area contributed by atoms with Crippen LogP contribution in [0, 0.1) is 11.8 Å². The number of ether oxygens (including phenoxy) is 2. The SMILES string of the molecule is CC(C)C(=O)O[C@@H](COc1ccccc1)CN1C[C@@H]2C[C@@H](C1)c1cccc(=O)n1C2. The Morgan fingerprint density at radius 2 is 1.87 bits per heavy atom. The largest absolute Gasteiger partial charge is 0.490 e. The first-order chi connectivity index (χ1) is 14.5. The highest BCUT2D eigenvalue weighted by molar-refractivity contribution is 5.71. The van der Waals surface area contributed by atoms with E-state index in [-0.39, 0.29) is 23.6 Å². The Kier molecular flexibility index (Phi) is 6.23. The van der Waals surface area contributed by atoms with Gasteiger partial charge in [0.1, 0.15) is 18.5 Å². The lowest BCUT2D eigenvalue weighted by Crippen LogP contribution is -2.50. The van der Waals surface area contributed by atoms with E-state index in [1.807, 2.05) is 54.8 Å². The van der Waals surface area contributed by atoms with E-state index in [1.165, 1.54) is 0 Å². The number of nitrogens with zero attached hydrogens (tertiary/aromatic N) is 2. The minimum atomic E-state index is -0.336. The molecule has 2 aliphatic heterocycles. The first kappa shape index (κ1) is 20.7. The second-order valence-electron chi connectivity index (χ2n) is 8.75. The number of carbonyl (C=O) groups excluding carboxylic acids is 1. The fourth-order valence-corrected chi connectivity index (χ4v) is 4.56. The number of hydrogen-bond donors (Lipinski definition) is 0. The van der Waals surface area contributed by atoms with Crippen molar-refractivity contribution < 1.29 is 14.3 Å². The van der Waals surface area contributed by atoms with Crippen LogP contribution >= 0.6 is 0 Å². The van der Waals surface area contributed by atoms with Crippen LogP contribution in [0.25, 0.3) is 0 Å². The summed E-state index contributed by atoms with van der Waals surface area (Å²) in [5.41, 5.74) is 1.22. The zero-order valence-corrected chi connectivity index (χ0v) is 17.7. The summed E-state index contributed by atoms with van der Waals surface area (Å²) in [5, 5.41) is 0. The van der Waals surface area contributed by atoms with Crippen LogP contribution in [0.2, 0.25) is 0 Å². The first-order valence-corrected chi connectivity index (χ1v) is 10.8. The van der Waals surface area contributed by atoms with Gasteiger partial charge >= 0.3 is 5.97 Å². The van der Waals surface area contributed by atoms with Gasteiger partial charge in [-0.3, -0.25) is 14.5 Å². The summed E-state index contributed by atoms with van der Waals surface area (Å²) < 4.78 is 13.6. The number of piperidine rings is 1. The molecule has 2 bridgehead atoms. The van der Waals surface area contributed by atoms with E-state index in [0.29, 0.717) is 25.0 Å². The summed E-state index contributed by atoms with van der Waals surface area (Å²) in [5.74, 6) is 1.16. The van der Waals surface area contributed by atoms with Crippen LogP contribution in [0.4, 0.5) is 0 Å². The van der Waals surface area contributed by atoms with Gasteiger partial charge in [0.15, 0.2) is 0 Å². The molecule has 3 heterocycles. The summed E-state index contributed by atoms with van der Waals surface area (Å²) in [6.45, 7) is 7.17. The molecule has 1 saturated heterocycles. The highest BCUT2D eigenvalue weighted by Crippen LogP contribution is 2.35. The highest BCUT2D eigenvalue weighted by atomic mass is 16.6. The fourth-order valence-electron chi connectivity index (χ4n) is 4.56. The molecule has 3 atom stereocenters. The molecular formula is C24H30N2O4. The summed E-state index contributed by atoms with van der Waals surface area (Å²) in [4.78, 5) is 26.9. The Morgan fingerprint density at radius 1 is 1.07 bits per heavy atom. The lowest BCUT2D eigenvalue weighted by atomic mass is 9.83. The maximum Gasteiger partial charge on any atom is 0.308 e. The average Bonchev–Trinajstić information content (AvgIpc) is 2.73. The van der Waals surface area contributed by atoms with Gasteiger partial charge < -0.3 is 14.0 Å². The molecule has 2 aromatic rings. The monoisotopic (exact) mass is 410 g/mol. The van der Waals surface area contributed by atoms with E-state index < -0.39 is 0 Å². The summed E-state index contributed by atoms with van der Waals surface area (Å²) >= 11 is 0. The number of benzene rings is 1. The lowest BCUT2D eigenvalue weighted by molar-refractivity contribution is -0.155. The van der Waals surface area contributed by atoms with Crippen LogP contribution in [0.15, 0.2) is 53.3 Å². The van der Waals surface area contributed by atoms with Crippen molar-refractivity contribution >= 4 is 5.97 Å². The molecule has 6 nitrogen and oxygen atoms in total. The molecular weight excluding hydrogens is 380 g/mol. The van der Waals surface area contributed by atoms with Crippen LogP contribution < -0.4 is 10.3 Å². The number of carbonyl (C=O) groups is 1. The molecule has 6 heteroatoms. The number of hydrogen-bond acceptors (Lipinski definition) is 5. The van der Waals surface area contributed by atoms with Gasteiger partial charge in [-0.25, -0.2) is 0 Å². The van der Waals surface area contributed by atoms with Gasteiger partial charge in [0, 0.05) is 43.9 Å². The maximum atomic E-state index is 12.3. The molecule has 1 aromatic carbocycles. The van der Waals surface area contributed by atoms with E-state index in [1.54, 1.807) is 6.07 Å². The quantitative estimate of drug-likeness (QED) is 0.657. The Hall–Kier alpha value is -2.60. The second-order valence-corrected chi connectivity index (χ2v) is 8.75. The number of rotatable bonds is 7. The van der Waals surface area contributed by atoms with Crippen LogP contribution in [-0.4, -0.2) is 47.8 Å². The first-order valence-electron chi connectivity index (χ1n) is 10.8. The van der Waals surface area contributed by atoms with Gasteiger partial charge in [-0.2, -0.15) is 0 Å². The predicted octanol–water partition coefficient (Wildman–Crippen LogP) is 2.91. The van der Waals surface area contributed by atoms with Gasteiger partial charge in [-0.05, 0) is 30.5 Å². The minimum absolute atomic E-state index is 0.0932. The van der Waals surface area contributed by atoms with Crippen LogP contribution in [0.3, 0.4) is 0 Å². The molecule has 1 aromatic heterocycles. The van der Waals surface area contributed by atoms with E-state index >= 15 is 0 Å². The molecule has 0 aliphatic carbocycles. The topological polar surface area (TPSA) is 60.8 Å². The highest BCUT2D eigenvalue weighted by Gasteiger charge is 2.35. The minimum Gasteiger partial charge on any atom is -0.490 e. The summed E-state index contributed by atoms with van der Waals surface area (Å²) in [6, 6.07) is 15.2. The molecule has 1 fully saturated rings. The molecule has 0 radical (unpaired) electrons. The number of pyridine rings is 1. The van der Waals surface area contributed by atoms with Crippen molar-refractivity contribution in [3.8, 4) is 5.75 Å². The average molecular weight is 411 g/mol. The molecule has 160 valence electrons. The Morgan fingerprint density at radius 3 is 2.63 bits per heavy atom. The van der Waals surface area contributed by atoms with Crippen molar-refractivity contribution in [2.45, 2.75) is 38.8 Å². The van der Waals surface area contributed by atoms with E-state index in [2.05, 4.69) is 11.0 Å². The van der Waals surface area contributed by atoms with Gasteiger partial charge in [-0.15, -0.1) is 0 Å². The van der Waals surface area contributed by atoms with Gasteiger partial charge in [0.2, 0.25) is 0 Å². The Balaban J connectivity index is 1.44. The van der Waals surface area contributed by atoms with Gasteiger partial charge in [-0.1, -0.05) is 38.1 Å². The van der Waals surface area contributed by atoms with Gasteiger partial charge in [0.25, 0.3) is 5.56 Å². The fraction of sp³-hybridized carbons (Fsp3) is 0.500. The number of likely N-dealkylation sites (tertiary alicyclic amines) is 1. The maximum absolute atomic E-state index is 12.3. The number of aromatic nitrogens is 1. The number of esters is 1. The molecule has 0 saturated carbocycles. The molecule has 2 aliphatic rings. The molecule has 0 N–H and O–H groups in total. The number of fused-ring (bicyclic) bond motifs is 4. The molecule has 30 heavy (non-hydrogen) atoms. The molecule has 0 unspecified atom stereocenters. The van der Waals surface area contributed by atoms with Crippen LogP contribution in [0.5, 0.6) is 5.75 Å². The summed E-state index contributed by atoms with van der Waals surface area (Å²) in [7, 11) is 0. The normalized spacial score (nSPS) is 21.7. The molecule has 0 spiro atoms. The summed E-state index contributed by atoms with van der Waals surface area (Å²) in [6.07, 6.45) is 0.772. The van der Waals surface area contributed by atoms with Gasteiger partial charge in [0.05, 0.1) is 5.92 Å². The second kappa shape index (κ2) is 9.04. The zero-order chi connectivity index (χ0) is 21.1. The van der Waals surface area contributed by atoms with Crippen molar-refractivity contribution in [1.82, 2.24) is 9.47 Å². The lowest BCUT2D eigenvalue weighted by Gasteiger charge is -2.43. The van der Waals surface area contributed by atoms with Crippen LogP contribution in [0.1, 0.15) is 31.9 Å². The van der Waals surface area contributed by atoms with E-state index in [9.17, 15) is 9.59 Å². The van der Waals surface area contributed by atoms with E-state index in [4.69, 9.17) is 9.47 Å². The van der Waals surface area contributed by atoms with Crippen molar-refractivity contribution in [3.05, 3.63) is 64.6 Å². The predicted molar refractivity (Wildman–Crippen MR) is 115 cm³/mol. The third kappa shape index (κ3) is 4.75. The van der Waals surface area contributed by atoms with Crippen molar-refractivity contribution in [1.29, 1.82) is 0 Å². The molecule has 0 amide bonds. The standard InChI is InChI=1S/C24H30N2O4/c1-17(2)24(28)30-21(16-29-20-7-4-3-5-8-20)15-25-12-18-11-19(14-25)22-9-6-10-23(27)26(22)13-18/h3-10,17-19,21H,11-16H2,1-2H3/t18-,19-,21+/m0/s1. The number of para-hydroxylation sites is 1. The van der Waals surface area contributed by atoms with E-state index in [0.717, 1.165) is 37.5 Å². The smallest absolute Gasteiger partial charge is 0.308 e. The zero-order valence-electron chi connectivity index (χ0n) is 17.7. The van der Waals surface area contributed by atoms with Crippen molar-refractivity contribution in [2.75, 3.05) is 26.2 Å². The Labute approximate surface area is 177 Å². The molecule has 4 rings (SSSR count). The third-order valence-electron chi connectivity index (χ3n) is 5.95. The van der Waals surface area contributed by atoms with Crippen molar-refractivity contribution in [3.63, 3.8) is 0 Å². The van der Waals surface area contributed by atoms with Crippen LogP contribution in [-0.2, 0) is 16.1 Å². The van der Waals surface area contributed by atoms with Crippen molar-refractivity contribution in [2.24, 2.45) is 11.8 Å². The Bertz CT molecular complexity index is 924. The third-order valence-corrected chi connectivity index (χ3v) is 5.95.